The highest BCUT2D eigenvalue weighted by atomic mass is 32.2. The summed E-state index contributed by atoms with van der Waals surface area (Å²) in [4.78, 5) is 23.1. The Morgan fingerprint density at radius 1 is 1.28 bits per heavy atom. The number of hydrogen-bond acceptors (Lipinski definition) is 7. The summed E-state index contributed by atoms with van der Waals surface area (Å²) in [6.45, 7) is 0.589. The number of methoxy groups -OCH3 is 1. The first-order valence-electron chi connectivity index (χ1n) is 7.53. The molecule has 138 valence electrons. The molecule has 1 fully saturated rings. The van der Waals surface area contributed by atoms with E-state index in [1.165, 1.54) is 36.7 Å². The van der Waals surface area contributed by atoms with E-state index in [0.717, 1.165) is 0 Å². The molecule has 1 heterocycles. The number of carbonyl (C=O) groups excluding carboxylic acids is 2. The molecule has 0 unspecified atom stereocenters. The van der Waals surface area contributed by atoms with Gasteiger partial charge in [0.05, 0.1) is 25.9 Å². The Labute approximate surface area is 145 Å². The molecule has 0 bridgehead atoms. The van der Waals surface area contributed by atoms with Gasteiger partial charge < -0.3 is 19.5 Å². The lowest BCUT2D eigenvalue weighted by Gasteiger charge is -2.26. The van der Waals surface area contributed by atoms with Crippen LogP contribution in [0.2, 0.25) is 0 Å². The summed E-state index contributed by atoms with van der Waals surface area (Å²) >= 11 is 0. The van der Waals surface area contributed by atoms with Crippen molar-refractivity contribution in [3.05, 3.63) is 23.8 Å². The minimum atomic E-state index is -3.86. The van der Waals surface area contributed by atoms with Gasteiger partial charge in [0.2, 0.25) is 10.0 Å². The fourth-order valence-electron chi connectivity index (χ4n) is 2.22. The van der Waals surface area contributed by atoms with Crippen LogP contribution in [-0.4, -0.2) is 71.7 Å². The average Bonchev–Trinajstić information content (AvgIpc) is 2.65. The summed E-state index contributed by atoms with van der Waals surface area (Å²) in [6.07, 6.45) is 0. The van der Waals surface area contributed by atoms with Gasteiger partial charge in [-0.15, -0.1) is 0 Å². The minimum Gasteiger partial charge on any atom is -0.495 e. The molecule has 1 aromatic rings. The van der Waals surface area contributed by atoms with Gasteiger partial charge in [-0.05, 0) is 18.2 Å². The molecule has 1 aromatic carbocycles. The van der Waals surface area contributed by atoms with Crippen molar-refractivity contribution in [2.75, 3.05) is 47.1 Å². The van der Waals surface area contributed by atoms with E-state index in [1.807, 2.05) is 0 Å². The summed E-state index contributed by atoms with van der Waals surface area (Å²) in [6, 6.07) is 3.95. The number of likely N-dealkylation sites (N-methyl/N-ethyl adjacent to an activating group) is 1. The third kappa shape index (κ3) is 4.47. The second-order valence-corrected chi connectivity index (χ2v) is 7.04. The Morgan fingerprint density at radius 3 is 2.56 bits per heavy atom. The van der Waals surface area contributed by atoms with Crippen LogP contribution in [-0.2, 0) is 24.3 Å². The third-order valence-corrected chi connectivity index (χ3v) is 5.52. The van der Waals surface area contributed by atoms with Gasteiger partial charge in [0.1, 0.15) is 10.6 Å². The third-order valence-electron chi connectivity index (χ3n) is 3.60. The molecule has 0 radical (unpaired) electrons. The van der Waals surface area contributed by atoms with Crippen LogP contribution in [0.15, 0.2) is 23.1 Å². The quantitative estimate of drug-likeness (QED) is 0.678. The van der Waals surface area contributed by atoms with Crippen molar-refractivity contribution in [2.24, 2.45) is 0 Å². The van der Waals surface area contributed by atoms with Crippen molar-refractivity contribution < 1.29 is 32.2 Å². The molecule has 0 aliphatic carbocycles. The van der Waals surface area contributed by atoms with E-state index in [4.69, 9.17) is 14.2 Å². The number of amides is 1. The minimum absolute atomic E-state index is 0.0107. The average molecular weight is 372 g/mol. The number of morpholine rings is 1. The van der Waals surface area contributed by atoms with E-state index in [9.17, 15) is 18.0 Å². The van der Waals surface area contributed by atoms with Crippen molar-refractivity contribution in [1.82, 2.24) is 9.62 Å². The van der Waals surface area contributed by atoms with Gasteiger partial charge in [0, 0.05) is 20.1 Å². The Hall–Kier alpha value is -2.17. The van der Waals surface area contributed by atoms with E-state index in [0.29, 0.717) is 13.2 Å². The maximum absolute atomic E-state index is 12.8. The maximum Gasteiger partial charge on any atom is 0.338 e. The highest BCUT2D eigenvalue weighted by Gasteiger charge is 2.30. The largest absolute Gasteiger partial charge is 0.495 e. The standard InChI is InChI=1S/C15H20N2O7S/c1-16-14(18)10-24-15(19)11-3-4-12(22-2)13(9-11)25(20,21)17-5-7-23-8-6-17/h3-4,9H,5-8,10H2,1-2H3,(H,16,18). The molecule has 1 aliphatic heterocycles. The molecule has 2 rings (SSSR count). The van der Waals surface area contributed by atoms with E-state index in [-0.39, 0.29) is 29.3 Å². The Kier molecular flexibility index (Phi) is 6.34. The van der Waals surface area contributed by atoms with Gasteiger partial charge in [0.15, 0.2) is 6.61 Å². The van der Waals surface area contributed by atoms with Gasteiger partial charge in [-0.25, -0.2) is 13.2 Å². The van der Waals surface area contributed by atoms with E-state index in [2.05, 4.69) is 5.32 Å². The van der Waals surface area contributed by atoms with Crippen LogP contribution in [0.25, 0.3) is 0 Å². The first-order chi connectivity index (χ1) is 11.9. The molecule has 25 heavy (non-hydrogen) atoms. The summed E-state index contributed by atoms with van der Waals surface area (Å²) in [7, 11) is -1.10. The number of nitrogens with zero attached hydrogens (tertiary/aromatic N) is 1. The van der Waals surface area contributed by atoms with Crippen molar-refractivity contribution in [3.63, 3.8) is 0 Å². The molecule has 0 aromatic heterocycles. The number of rotatable bonds is 6. The van der Waals surface area contributed by atoms with Crippen LogP contribution in [0.1, 0.15) is 10.4 Å². The van der Waals surface area contributed by atoms with Crippen molar-refractivity contribution in [3.8, 4) is 5.75 Å². The number of esters is 1. The van der Waals surface area contributed by atoms with Crippen LogP contribution < -0.4 is 10.1 Å². The molecule has 0 atom stereocenters. The number of hydrogen-bond donors (Lipinski definition) is 1. The molecule has 10 heteroatoms. The van der Waals surface area contributed by atoms with Crippen molar-refractivity contribution >= 4 is 21.9 Å². The predicted octanol–water partition coefficient (Wildman–Crippen LogP) is -0.381. The molecular weight excluding hydrogens is 352 g/mol. The van der Waals surface area contributed by atoms with Crippen LogP contribution in [0.4, 0.5) is 0 Å². The van der Waals surface area contributed by atoms with Crippen LogP contribution in [0.3, 0.4) is 0 Å². The van der Waals surface area contributed by atoms with Gasteiger partial charge in [-0.3, -0.25) is 4.79 Å². The number of ether oxygens (including phenoxy) is 3. The fourth-order valence-corrected chi connectivity index (χ4v) is 3.81. The zero-order chi connectivity index (χ0) is 18.4. The van der Waals surface area contributed by atoms with Crippen LogP contribution in [0, 0.1) is 0 Å². The first kappa shape index (κ1) is 19.2. The molecule has 0 saturated carbocycles. The van der Waals surface area contributed by atoms with E-state index in [1.54, 1.807) is 0 Å². The Morgan fingerprint density at radius 2 is 1.96 bits per heavy atom. The molecule has 9 nitrogen and oxygen atoms in total. The molecule has 1 amide bonds. The van der Waals surface area contributed by atoms with Gasteiger partial charge >= 0.3 is 5.97 Å². The van der Waals surface area contributed by atoms with Gasteiger partial charge in [-0.1, -0.05) is 0 Å². The van der Waals surface area contributed by atoms with Gasteiger partial charge in [-0.2, -0.15) is 4.31 Å². The number of sulfonamides is 1. The zero-order valence-corrected chi connectivity index (χ0v) is 14.8. The van der Waals surface area contributed by atoms with Gasteiger partial charge in [0.25, 0.3) is 5.91 Å². The summed E-state index contributed by atoms with van der Waals surface area (Å²) in [5, 5.41) is 2.32. The normalized spacial score (nSPS) is 15.4. The number of nitrogens with one attached hydrogen (secondary N) is 1. The number of benzene rings is 1. The first-order valence-corrected chi connectivity index (χ1v) is 8.97. The zero-order valence-electron chi connectivity index (χ0n) is 14.0. The lowest BCUT2D eigenvalue weighted by Crippen LogP contribution is -2.40. The molecular formula is C15H20N2O7S. The molecule has 1 N–H and O–H groups in total. The van der Waals surface area contributed by atoms with Crippen LogP contribution in [0.5, 0.6) is 5.75 Å². The SMILES string of the molecule is CNC(=O)COC(=O)c1ccc(OC)c(S(=O)(=O)N2CCOCC2)c1. The summed E-state index contributed by atoms with van der Waals surface area (Å²) < 4.78 is 42.1. The number of carbonyl (C=O) groups is 2. The van der Waals surface area contributed by atoms with E-state index < -0.39 is 28.5 Å². The lowest BCUT2D eigenvalue weighted by molar-refractivity contribution is -0.123. The topological polar surface area (TPSA) is 111 Å². The molecule has 1 saturated heterocycles. The smallest absolute Gasteiger partial charge is 0.338 e. The highest BCUT2D eigenvalue weighted by molar-refractivity contribution is 7.89. The Bertz CT molecular complexity index is 742. The van der Waals surface area contributed by atoms with Crippen LogP contribution >= 0.6 is 0 Å². The summed E-state index contributed by atoms with van der Waals surface area (Å²) in [5.74, 6) is -1.15. The lowest BCUT2D eigenvalue weighted by atomic mass is 10.2. The highest BCUT2D eigenvalue weighted by Crippen LogP contribution is 2.28. The second kappa shape index (κ2) is 8.28. The maximum atomic E-state index is 12.8. The summed E-state index contributed by atoms with van der Waals surface area (Å²) in [5.41, 5.74) is 0.0107. The molecule has 1 aliphatic rings. The predicted molar refractivity (Wildman–Crippen MR) is 86.9 cm³/mol. The van der Waals surface area contributed by atoms with Crippen molar-refractivity contribution in [1.29, 1.82) is 0 Å². The monoisotopic (exact) mass is 372 g/mol. The van der Waals surface area contributed by atoms with E-state index >= 15 is 0 Å². The molecule has 0 spiro atoms. The van der Waals surface area contributed by atoms with Crippen molar-refractivity contribution in [2.45, 2.75) is 4.90 Å². The fraction of sp³-hybridized carbons (Fsp3) is 0.467. The Balaban J connectivity index is 2.30. The second-order valence-electron chi connectivity index (χ2n) is 5.13.